The molecule has 0 nitrogen and oxygen atoms in total. The quantitative estimate of drug-likeness (QED) is 0.609. The number of hydrogen-bond acceptors (Lipinski definition) is 0. The van der Waals surface area contributed by atoms with E-state index in [1.165, 1.54) is 11.1 Å². The van der Waals surface area contributed by atoms with Gasteiger partial charge in [0.2, 0.25) is 0 Å². The molecular formula is C13H16. The molecule has 0 aromatic heterocycles. The molecular weight excluding hydrogens is 156 g/mol. The van der Waals surface area contributed by atoms with E-state index in [1.807, 2.05) is 6.08 Å². The average molecular weight is 172 g/mol. The standard InChI is InChI=1S/C13H16/c1-4-11(3)10-13-9-7-6-8-12(13)5-2/h4,6-9H,1,3,5,10H2,2H3. The van der Waals surface area contributed by atoms with Gasteiger partial charge in [0.05, 0.1) is 0 Å². The van der Waals surface area contributed by atoms with Crippen LogP contribution in [0.1, 0.15) is 18.1 Å². The first-order valence-corrected chi connectivity index (χ1v) is 4.65. The first-order valence-electron chi connectivity index (χ1n) is 4.65. The third-order valence-corrected chi connectivity index (χ3v) is 2.21. The number of rotatable bonds is 4. The van der Waals surface area contributed by atoms with E-state index >= 15 is 0 Å². The molecule has 13 heavy (non-hydrogen) atoms. The molecule has 1 aromatic rings. The van der Waals surface area contributed by atoms with Gasteiger partial charge in [0.25, 0.3) is 0 Å². The summed E-state index contributed by atoms with van der Waals surface area (Å²) in [6.45, 7) is 9.81. The van der Waals surface area contributed by atoms with E-state index in [0.29, 0.717) is 0 Å². The maximum Gasteiger partial charge on any atom is -0.00291 e. The molecule has 0 heteroatoms. The van der Waals surface area contributed by atoms with Gasteiger partial charge in [-0.25, -0.2) is 0 Å². The highest BCUT2D eigenvalue weighted by Gasteiger charge is 1.99. The summed E-state index contributed by atoms with van der Waals surface area (Å²) < 4.78 is 0. The van der Waals surface area contributed by atoms with Crippen molar-refractivity contribution < 1.29 is 0 Å². The van der Waals surface area contributed by atoms with Gasteiger partial charge in [-0.3, -0.25) is 0 Å². The van der Waals surface area contributed by atoms with Crippen LogP contribution in [0.15, 0.2) is 49.1 Å². The summed E-state index contributed by atoms with van der Waals surface area (Å²) in [6.07, 6.45) is 3.83. The average Bonchev–Trinajstić information content (AvgIpc) is 2.18. The summed E-state index contributed by atoms with van der Waals surface area (Å²) in [4.78, 5) is 0. The van der Waals surface area contributed by atoms with Crippen LogP contribution >= 0.6 is 0 Å². The molecule has 0 N–H and O–H groups in total. The molecule has 0 spiro atoms. The third kappa shape index (κ3) is 2.59. The molecule has 0 aliphatic carbocycles. The molecule has 0 saturated heterocycles. The van der Waals surface area contributed by atoms with Gasteiger partial charge in [0, 0.05) is 0 Å². The lowest BCUT2D eigenvalue weighted by Gasteiger charge is -2.06. The summed E-state index contributed by atoms with van der Waals surface area (Å²) in [5.74, 6) is 0. The summed E-state index contributed by atoms with van der Waals surface area (Å²) in [5.41, 5.74) is 3.86. The van der Waals surface area contributed by atoms with E-state index in [4.69, 9.17) is 0 Å². The Balaban J connectivity index is 2.86. The minimum absolute atomic E-state index is 0.924. The maximum atomic E-state index is 3.93. The van der Waals surface area contributed by atoms with E-state index < -0.39 is 0 Å². The Bertz CT molecular complexity index is 308. The zero-order valence-electron chi connectivity index (χ0n) is 8.22. The van der Waals surface area contributed by atoms with Gasteiger partial charge in [-0.1, -0.05) is 56.0 Å². The van der Waals surface area contributed by atoms with Gasteiger partial charge in [-0.05, 0) is 24.0 Å². The van der Waals surface area contributed by atoms with E-state index in [9.17, 15) is 0 Å². The summed E-state index contributed by atoms with van der Waals surface area (Å²) in [7, 11) is 0. The Labute approximate surface area is 80.6 Å². The Morgan fingerprint density at radius 2 is 1.92 bits per heavy atom. The molecule has 0 aliphatic rings. The van der Waals surface area contributed by atoms with Crippen molar-refractivity contribution in [3.05, 3.63) is 60.2 Å². The minimum atomic E-state index is 0.924. The largest absolute Gasteiger partial charge is 0.0988 e. The fraction of sp³-hybridized carbons (Fsp3) is 0.231. The summed E-state index contributed by atoms with van der Waals surface area (Å²) in [5, 5.41) is 0. The molecule has 68 valence electrons. The van der Waals surface area contributed by atoms with Crippen LogP contribution in [0.4, 0.5) is 0 Å². The van der Waals surface area contributed by atoms with Crippen LogP contribution in [0.2, 0.25) is 0 Å². The third-order valence-electron chi connectivity index (χ3n) is 2.21. The molecule has 0 heterocycles. The minimum Gasteiger partial charge on any atom is -0.0988 e. The zero-order valence-corrected chi connectivity index (χ0v) is 8.22. The van der Waals surface area contributed by atoms with Crippen LogP contribution in [0.5, 0.6) is 0 Å². The predicted molar refractivity (Wildman–Crippen MR) is 58.9 cm³/mol. The monoisotopic (exact) mass is 172 g/mol. The Morgan fingerprint density at radius 1 is 1.31 bits per heavy atom. The zero-order chi connectivity index (χ0) is 9.68. The lowest BCUT2D eigenvalue weighted by molar-refractivity contribution is 1.06. The number of benzene rings is 1. The fourth-order valence-electron chi connectivity index (χ4n) is 1.39. The second-order valence-electron chi connectivity index (χ2n) is 3.16. The van der Waals surface area contributed by atoms with Gasteiger partial charge in [0.15, 0.2) is 0 Å². The Hall–Kier alpha value is -1.30. The van der Waals surface area contributed by atoms with Gasteiger partial charge in [0.1, 0.15) is 0 Å². The SMILES string of the molecule is C=CC(=C)Cc1ccccc1CC. The van der Waals surface area contributed by atoms with Gasteiger partial charge in [-0.2, -0.15) is 0 Å². The molecule has 0 saturated carbocycles. The van der Waals surface area contributed by atoms with Crippen molar-refractivity contribution in [1.82, 2.24) is 0 Å². The molecule has 0 fully saturated rings. The molecule has 0 radical (unpaired) electrons. The highest BCUT2D eigenvalue weighted by atomic mass is 14.0. The second kappa shape index (κ2) is 4.66. The van der Waals surface area contributed by atoms with Crippen molar-refractivity contribution in [2.45, 2.75) is 19.8 Å². The number of hydrogen-bond donors (Lipinski definition) is 0. The topological polar surface area (TPSA) is 0 Å². The van der Waals surface area contributed by atoms with Crippen LogP contribution in [0, 0.1) is 0 Å². The van der Waals surface area contributed by atoms with Crippen molar-refractivity contribution in [1.29, 1.82) is 0 Å². The van der Waals surface area contributed by atoms with E-state index in [1.54, 1.807) is 0 Å². The van der Waals surface area contributed by atoms with Crippen molar-refractivity contribution in [2.75, 3.05) is 0 Å². The summed E-state index contributed by atoms with van der Waals surface area (Å²) >= 11 is 0. The molecule has 1 rings (SSSR count). The molecule has 0 bridgehead atoms. The first-order chi connectivity index (χ1) is 6.27. The molecule has 0 amide bonds. The van der Waals surface area contributed by atoms with Crippen LogP contribution in [0.3, 0.4) is 0 Å². The molecule has 0 atom stereocenters. The van der Waals surface area contributed by atoms with Crippen molar-refractivity contribution in [2.24, 2.45) is 0 Å². The van der Waals surface area contributed by atoms with Crippen LogP contribution in [-0.4, -0.2) is 0 Å². The fourth-order valence-corrected chi connectivity index (χ4v) is 1.39. The van der Waals surface area contributed by atoms with E-state index in [2.05, 4.69) is 44.3 Å². The molecule has 0 unspecified atom stereocenters. The van der Waals surface area contributed by atoms with Gasteiger partial charge < -0.3 is 0 Å². The van der Waals surface area contributed by atoms with E-state index in [-0.39, 0.29) is 0 Å². The number of allylic oxidation sites excluding steroid dienone is 2. The first kappa shape index (κ1) is 9.79. The van der Waals surface area contributed by atoms with Gasteiger partial charge in [-0.15, -0.1) is 0 Å². The predicted octanol–water partition coefficient (Wildman–Crippen LogP) is 3.53. The van der Waals surface area contributed by atoms with Crippen molar-refractivity contribution in [3.63, 3.8) is 0 Å². The van der Waals surface area contributed by atoms with E-state index in [0.717, 1.165) is 18.4 Å². The maximum absolute atomic E-state index is 3.93. The van der Waals surface area contributed by atoms with Crippen LogP contribution < -0.4 is 0 Å². The van der Waals surface area contributed by atoms with Crippen LogP contribution in [0.25, 0.3) is 0 Å². The molecule has 0 aliphatic heterocycles. The van der Waals surface area contributed by atoms with Gasteiger partial charge >= 0.3 is 0 Å². The second-order valence-corrected chi connectivity index (χ2v) is 3.16. The smallest absolute Gasteiger partial charge is 0.00291 e. The lowest BCUT2D eigenvalue weighted by Crippen LogP contribution is -1.92. The van der Waals surface area contributed by atoms with Crippen molar-refractivity contribution in [3.8, 4) is 0 Å². The highest BCUT2D eigenvalue weighted by Crippen LogP contribution is 2.13. The normalized spacial score (nSPS) is 9.62. The van der Waals surface area contributed by atoms with Crippen molar-refractivity contribution >= 4 is 0 Å². The Morgan fingerprint density at radius 3 is 2.46 bits per heavy atom. The summed E-state index contributed by atoms with van der Waals surface area (Å²) in [6, 6.07) is 8.49. The lowest BCUT2D eigenvalue weighted by atomic mass is 9.99. The highest BCUT2D eigenvalue weighted by molar-refractivity contribution is 5.32. The van der Waals surface area contributed by atoms with Crippen LogP contribution in [-0.2, 0) is 12.8 Å². The Kier molecular flexibility index (Phi) is 3.51. The molecule has 1 aromatic carbocycles. The number of aryl methyl sites for hydroxylation is 1.